The lowest BCUT2D eigenvalue weighted by atomic mass is 10.2. The van der Waals surface area contributed by atoms with Crippen LogP contribution in [-0.2, 0) is 14.8 Å². The first-order valence-corrected chi connectivity index (χ1v) is 7.93. The van der Waals surface area contributed by atoms with Crippen LogP contribution < -0.4 is 4.72 Å². The Kier molecular flexibility index (Phi) is 6.77. The standard InChI is InChI=1S/C11H17BrN2O3S/c1-17-6-4-2-3-5-14-18(15,16)11-7-10(12)8-13-9-11/h7-9,14H,2-6H2,1H3. The zero-order valence-electron chi connectivity index (χ0n) is 10.2. The highest BCUT2D eigenvalue weighted by Gasteiger charge is 2.13. The average molecular weight is 337 g/mol. The van der Waals surface area contributed by atoms with Crippen LogP contribution in [0.2, 0.25) is 0 Å². The van der Waals surface area contributed by atoms with Crippen LogP contribution in [0.1, 0.15) is 19.3 Å². The Morgan fingerprint density at radius 2 is 2.11 bits per heavy atom. The Morgan fingerprint density at radius 1 is 1.33 bits per heavy atom. The monoisotopic (exact) mass is 336 g/mol. The van der Waals surface area contributed by atoms with Crippen LogP contribution in [0.3, 0.4) is 0 Å². The highest BCUT2D eigenvalue weighted by molar-refractivity contribution is 9.10. The predicted octanol–water partition coefficient (Wildman–Crippen LogP) is 1.94. The third-order valence-corrected chi connectivity index (χ3v) is 4.17. The van der Waals surface area contributed by atoms with Gasteiger partial charge in [0, 0.05) is 37.1 Å². The van der Waals surface area contributed by atoms with Crippen molar-refractivity contribution in [3.05, 3.63) is 22.9 Å². The van der Waals surface area contributed by atoms with E-state index in [2.05, 4.69) is 25.6 Å². The second-order valence-corrected chi connectivity index (χ2v) is 6.47. The summed E-state index contributed by atoms with van der Waals surface area (Å²) in [5.74, 6) is 0. The summed E-state index contributed by atoms with van der Waals surface area (Å²) in [4.78, 5) is 4.01. The number of pyridine rings is 1. The molecule has 1 N–H and O–H groups in total. The largest absolute Gasteiger partial charge is 0.385 e. The molecule has 5 nitrogen and oxygen atoms in total. The molecule has 7 heteroatoms. The van der Waals surface area contributed by atoms with Crippen LogP contribution in [0.4, 0.5) is 0 Å². The fourth-order valence-electron chi connectivity index (χ4n) is 1.38. The maximum atomic E-state index is 11.9. The molecule has 0 fully saturated rings. The van der Waals surface area contributed by atoms with Crippen molar-refractivity contribution in [1.82, 2.24) is 9.71 Å². The number of halogens is 1. The molecule has 0 aliphatic carbocycles. The summed E-state index contributed by atoms with van der Waals surface area (Å²) in [5, 5.41) is 0. The van der Waals surface area contributed by atoms with Crippen molar-refractivity contribution in [3.63, 3.8) is 0 Å². The summed E-state index contributed by atoms with van der Waals surface area (Å²) in [6.45, 7) is 1.14. The molecule has 0 aliphatic rings. The molecule has 0 bridgehead atoms. The van der Waals surface area contributed by atoms with Crippen molar-refractivity contribution in [2.75, 3.05) is 20.3 Å². The minimum Gasteiger partial charge on any atom is -0.385 e. The fraction of sp³-hybridized carbons (Fsp3) is 0.545. The average Bonchev–Trinajstić information content (AvgIpc) is 2.33. The molecular formula is C11H17BrN2O3S. The summed E-state index contributed by atoms with van der Waals surface area (Å²) in [6, 6.07) is 1.53. The molecule has 1 heterocycles. The molecule has 1 aromatic heterocycles. The fourth-order valence-corrected chi connectivity index (χ4v) is 2.96. The van der Waals surface area contributed by atoms with Crippen LogP contribution in [-0.4, -0.2) is 33.7 Å². The molecule has 0 aromatic carbocycles. The molecule has 0 atom stereocenters. The van der Waals surface area contributed by atoms with Gasteiger partial charge < -0.3 is 4.74 Å². The van der Waals surface area contributed by atoms with E-state index in [1.165, 1.54) is 12.3 Å². The van der Waals surface area contributed by atoms with E-state index in [1.807, 2.05) is 0 Å². The van der Waals surface area contributed by atoms with E-state index in [0.717, 1.165) is 19.3 Å². The smallest absolute Gasteiger partial charge is 0.242 e. The van der Waals surface area contributed by atoms with Gasteiger partial charge in [0.2, 0.25) is 10.0 Å². The quantitative estimate of drug-likeness (QED) is 0.736. The highest BCUT2D eigenvalue weighted by atomic mass is 79.9. The van der Waals surface area contributed by atoms with E-state index in [4.69, 9.17) is 4.74 Å². The van der Waals surface area contributed by atoms with Crippen LogP contribution in [0.5, 0.6) is 0 Å². The van der Waals surface area contributed by atoms with Gasteiger partial charge >= 0.3 is 0 Å². The first kappa shape index (κ1) is 15.6. The summed E-state index contributed by atoms with van der Waals surface area (Å²) in [5.41, 5.74) is 0. The SMILES string of the molecule is COCCCCCNS(=O)(=O)c1cncc(Br)c1. The number of unbranched alkanes of at least 4 members (excludes halogenated alkanes) is 2. The van der Waals surface area contributed by atoms with Crippen LogP contribution >= 0.6 is 15.9 Å². The third-order valence-electron chi connectivity index (χ3n) is 2.31. The van der Waals surface area contributed by atoms with Crippen molar-refractivity contribution >= 4 is 26.0 Å². The molecule has 0 unspecified atom stereocenters. The number of hydrogen-bond acceptors (Lipinski definition) is 4. The van der Waals surface area contributed by atoms with E-state index in [0.29, 0.717) is 17.6 Å². The lowest BCUT2D eigenvalue weighted by Gasteiger charge is -2.06. The second kappa shape index (κ2) is 7.83. The minimum atomic E-state index is -3.45. The normalized spacial score (nSPS) is 11.7. The van der Waals surface area contributed by atoms with Crippen molar-refractivity contribution < 1.29 is 13.2 Å². The summed E-state index contributed by atoms with van der Waals surface area (Å²) < 4.78 is 31.9. The molecule has 0 saturated heterocycles. The zero-order chi connectivity index (χ0) is 13.4. The molecule has 1 aromatic rings. The van der Waals surface area contributed by atoms with Crippen LogP contribution in [0, 0.1) is 0 Å². The van der Waals surface area contributed by atoms with E-state index in [9.17, 15) is 8.42 Å². The highest BCUT2D eigenvalue weighted by Crippen LogP contribution is 2.13. The summed E-state index contributed by atoms with van der Waals surface area (Å²) in [6.07, 6.45) is 5.55. The third kappa shape index (κ3) is 5.43. The Morgan fingerprint density at radius 3 is 2.78 bits per heavy atom. The maximum absolute atomic E-state index is 11.9. The van der Waals surface area contributed by atoms with Gasteiger partial charge in [0.1, 0.15) is 4.90 Å². The van der Waals surface area contributed by atoms with E-state index in [-0.39, 0.29) is 4.90 Å². The number of hydrogen-bond donors (Lipinski definition) is 1. The topological polar surface area (TPSA) is 68.3 Å². The molecule has 18 heavy (non-hydrogen) atoms. The number of sulfonamides is 1. The van der Waals surface area contributed by atoms with Gasteiger partial charge in [-0.2, -0.15) is 0 Å². The minimum absolute atomic E-state index is 0.175. The van der Waals surface area contributed by atoms with Gasteiger partial charge in [-0.25, -0.2) is 13.1 Å². The number of rotatable bonds is 8. The number of ether oxygens (including phenoxy) is 1. The van der Waals surface area contributed by atoms with Crippen molar-refractivity contribution in [2.24, 2.45) is 0 Å². The Balaban J connectivity index is 2.41. The molecule has 0 saturated carbocycles. The summed E-state index contributed by atoms with van der Waals surface area (Å²) >= 11 is 3.20. The Bertz CT molecular complexity index is 465. The molecule has 0 aliphatic heterocycles. The van der Waals surface area contributed by atoms with E-state index >= 15 is 0 Å². The second-order valence-electron chi connectivity index (χ2n) is 3.79. The number of methoxy groups -OCH3 is 1. The molecule has 102 valence electrons. The van der Waals surface area contributed by atoms with Gasteiger partial charge in [-0.15, -0.1) is 0 Å². The van der Waals surface area contributed by atoms with Crippen LogP contribution in [0.25, 0.3) is 0 Å². The van der Waals surface area contributed by atoms with Gasteiger partial charge in [0.15, 0.2) is 0 Å². The Hall–Kier alpha value is -0.500. The first-order valence-electron chi connectivity index (χ1n) is 5.65. The van der Waals surface area contributed by atoms with Crippen LogP contribution in [0.15, 0.2) is 27.8 Å². The molecule has 0 spiro atoms. The van der Waals surface area contributed by atoms with Gasteiger partial charge in [-0.05, 0) is 41.3 Å². The lowest BCUT2D eigenvalue weighted by molar-refractivity contribution is 0.192. The molecule has 1 rings (SSSR count). The molecule has 0 amide bonds. The first-order chi connectivity index (χ1) is 8.56. The van der Waals surface area contributed by atoms with E-state index < -0.39 is 10.0 Å². The number of nitrogens with one attached hydrogen (secondary N) is 1. The summed E-state index contributed by atoms with van der Waals surface area (Å²) in [7, 11) is -1.79. The Labute approximate surface area is 116 Å². The van der Waals surface area contributed by atoms with Crippen molar-refractivity contribution in [2.45, 2.75) is 24.2 Å². The lowest BCUT2D eigenvalue weighted by Crippen LogP contribution is -2.25. The van der Waals surface area contributed by atoms with E-state index in [1.54, 1.807) is 13.3 Å². The number of nitrogens with zero attached hydrogens (tertiary/aromatic N) is 1. The number of aromatic nitrogens is 1. The van der Waals surface area contributed by atoms with Gasteiger partial charge in [0.25, 0.3) is 0 Å². The predicted molar refractivity (Wildman–Crippen MR) is 72.9 cm³/mol. The molecule has 0 radical (unpaired) electrons. The molecular weight excluding hydrogens is 320 g/mol. The van der Waals surface area contributed by atoms with Gasteiger partial charge in [0.05, 0.1) is 0 Å². The van der Waals surface area contributed by atoms with Gasteiger partial charge in [-0.3, -0.25) is 4.98 Å². The van der Waals surface area contributed by atoms with Crippen molar-refractivity contribution in [3.8, 4) is 0 Å². The maximum Gasteiger partial charge on any atom is 0.242 e. The van der Waals surface area contributed by atoms with Gasteiger partial charge in [-0.1, -0.05) is 0 Å². The van der Waals surface area contributed by atoms with Crippen molar-refractivity contribution in [1.29, 1.82) is 0 Å². The zero-order valence-corrected chi connectivity index (χ0v) is 12.6.